The number of nitrogens with one attached hydrogen (secondary N) is 1. The zero-order chi connectivity index (χ0) is 19.6. The molecular formula is C20H20N2O5. The summed E-state index contributed by atoms with van der Waals surface area (Å²) in [5.41, 5.74) is 7.52. The molecule has 0 saturated heterocycles. The van der Waals surface area contributed by atoms with Gasteiger partial charge in [-0.1, -0.05) is 48.5 Å². The molecule has 1 aliphatic rings. The number of ether oxygens (including phenoxy) is 1. The SMILES string of the molecule is CC(CC(N)=O)(NC(=O)OCC1c2ccccc2-c2ccccc21)C(=O)O. The van der Waals surface area contributed by atoms with Crippen molar-refractivity contribution in [1.29, 1.82) is 0 Å². The van der Waals surface area contributed by atoms with Crippen LogP contribution in [0.25, 0.3) is 11.1 Å². The Kier molecular flexibility index (Phi) is 4.85. The predicted octanol–water partition coefficient (Wildman–Crippen LogP) is 2.24. The van der Waals surface area contributed by atoms with E-state index >= 15 is 0 Å². The molecule has 0 bridgehead atoms. The fraction of sp³-hybridized carbons (Fsp3) is 0.250. The Hall–Kier alpha value is -3.35. The summed E-state index contributed by atoms with van der Waals surface area (Å²) in [5.74, 6) is -2.34. The van der Waals surface area contributed by atoms with Gasteiger partial charge in [0.05, 0.1) is 6.42 Å². The van der Waals surface area contributed by atoms with Gasteiger partial charge in [-0.25, -0.2) is 9.59 Å². The van der Waals surface area contributed by atoms with E-state index < -0.39 is 29.9 Å². The second-order valence-electron chi connectivity index (χ2n) is 6.73. The Morgan fingerprint density at radius 3 is 2.07 bits per heavy atom. The maximum Gasteiger partial charge on any atom is 0.408 e. The Morgan fingerprint density at radius 2 is 1.59 bits per heavy atom. The molecule has 140 valence electrons. The van der Waals surface area contributed by atoms with Crippen molar-refractivity contribution in [3.8, 4) is 11.1 Å². The van der Waals surface area contributed by atoms with Gasteiger partial charge in [0.15, 0.2) is 0 Å². The van der Waals surface area contributed by atoms with Crippen molar-refractivity contribution in [1.82, 2.24) is 5.32 Å². The Morgan fingerprint density at radius 1 is 1.07 bits per heavy atom. The molecular weight excluding hydrogens is 348 g/mol. The lowest BCUT2D eigenvalue weighted by Gasteiger charge is -2.25. The van der Waals surface area contributed by atoms with E-state index in [0.29, 0.717) is 0 Å². The lowest BCUT2D eigenvalue weighted by atomic mass is 9.97. The fourth-order valence-electron chi connectivity index (χ4n) is 3.38. The summed E-state index contributed by atoms with van der Waals surface area (Å²) in [6, 6.07) is 15.7. The molecule has 0 spiro atoms. The second kappa shape index (κ2) is 7.11. The van der Waals surface area contributed by atoms with Gasteiger partial charge < -0.3 is 20.9 Å². The van der Waals surface area contributed by atoms with Crippen LogP contribution < -0.4 is 11.1 Å². The molecule has 2 amide bonds. The lowest BCUT2D eigenvalue weighted by molar-refractivity contribution is -0.146. The molecule has 4 N–H and O–H groups in total. The van der Waals surface area contributed by atoms with E-state index in [1.54, 1.807) is 0 Å². The van der Waals surface area contributed by atoms with Crippen molar-refractivity contribution in [2.75, 3.05) is 6.61 Å². The maximum absolute atomic E-state index is 12.2. The van der Waals surface area contributed by atoms with E-state index in [9.17, 15) is 19.5 Å². The Labute approximate surface area is 156 Å². The first-order valence-electron chi connectivity index (χ1n) is 8.46. The first-order valence-corrected chi connectivity index (χ1v) is 8.46. The summed E-state index contributed by atoms with van der Waals surface area (Å²) in [4.78, 5) is 34.7. The van der Waals surface area contributed by atoms with Crippen molar-refractivity contribution < 1.29 is 24.2 Å². The molecule has 0 heterocycles. The molecule has 0 radical (unpaired) electrons. The van der Waals surface area contributed by atoms with Gasteiger partial charge in [-0.2, -0.15) is 0 Å². The van der Waals surface area contributed by atoms with Crippen LogP contribution in [0, 0.1) is 0 Å². The number of rotatable bonds is 6. The molecule has 0 aromatic heterocycles. The average molecular weight is 368 g/mol. The summed E-state index contributed by atoms with van der Waals surface area (Å²) in [7, 11) is 0. The smallest absolute Gasteiger partial charge is 0.408 e. The van der Waals surface area contributed by atoms with E-state index in [1.165, 1.54) is 6.92 Å². The third-order valence-electron chi connectivity index (χ3n) is 4.72. The molecule has 27 heavy (non-hydrogen) atoms. The Balaban J connectivity index is 1.74. The third-order valence-corrected chi connectivity index (χ3v) is 4.72. The number of aliphatic carboxylic acids is 1. The minimum absolute atomic E-state index is 0.0477. The number of benzene rings is 2. The van der Waals surface area contributed by atoms with Crippen LogP contribution in [0.15, 0.2) is 48.5 Å². The first kappa shape index (κ1) is 18.4. The van der Waals surface area contributed by atoms with Crippen molar-refractivity contribution >= 4 is 18.0 Å². The number of primary amides is 1. The topological polar surface area (TPSA) is 119 Å². The van der Waals surface area contributed by atoms with Gasteiger partial charge in [-0.15, -0.1) is 0 Å². The van der Waals surface area contributed by atoms with Gasteiger partial charge in [-0.05, 0) is 29.2 Å². The maximum atomic E-state index is 12.2. The van der Waals surface area contributed by atoms with E-state index in [4.69, 9.17) is 10.5 Å². The quantitative estimate of drug-likeness (QED) is 0.722. The van der Waals surface area contributed by atoms with Crippen LogP contribution >= 0.6 is 0 Å². The normalized spacial score (nSPS) is 14.6. The third kappa shape index (κ3) is 3.62. The zero-order valence-electron chi connectivity index (χ0n) is 14.8. The molecule has 0 fully saturated rings. The van der Waals surface area contributed by atoms with Gasteiger partial charge in [0, 0.05) is 5.92 Å². The number of amides is 2. The molecule has 7 heteroatoms. The molecule has 1 aliphatic carbocycles. The summed E-state index contributed by atoms with van der Waals surface area (Å²) in [5, 5.41) is 11.5. The van der Waals surface area contributed by atoms with Crippen molar-refractivity contribution in [3.05, 3.63) is 59.7 Å². The van der Waals surface area contributed by atoms with Crippen LogP contribution in [0.2, 0.25) is 0 Å². The van der Waals surface area contributed by atoms with Crippen LogP contribution in [0.4, 0.5) is 4.79 Å². The Bertz CT molecular complexity index is 865. The summed E-state index contributed by atoms with van der Waals surface area (Å²) in [6.07, 6.45) is -1.45. The van der Waals surface area contributed by atoms with Gasteiger partial charge in [0.2, 0.25) is 5.91 Å². The molecule has 3 rings (SSSR count). The van der Waals surface area contributed by atoms with Crippen LogP contribution in [-0.2, 0) is 14.3 Å². The molecule has 0 aliphatic heterocycles. The highest BCUT2D eigenvalue weighted by atomic mass is 16.5. The summed E-state index contributed by atoms with van der Waals surface area (Å²) >= 11 is 0. The van der Waals surface area contributed by atoms with E-state index in [2.05, 4.69) is 5.32 Å². The number of nitrogens with two attached hydrogens (primary N) is 1. The van der Waals surface area contributed by atoms with E-state index in [-0.39, 0.29) is 12.5 Å². The number of carbonyl (C=O) groups excluding carboxylic acids is 2. The van der Waals surface area contributed by atoms with Crippen LogP contribution in [0.3, 0.4) is 0 Å². The number of fused-ring (bicyclic) bond motifs is 3. The van der Waals surface area contributed by atoms with Crippen LogP contribution in [0.1, 0.15) is 30.4 Å². The van der Waals surface area contributed by atoms with Crippen molar-refractivity contribution in [2.24, 2.45) is 5.73 Å². The fourth-order valence-corrected chi connectivity index (χ4v) is 3.38. The molecule has 7 nitrogen and oxygen atoms in total. The minimum atomic E-state index is -1.82. The van der Waals surface area contributed by atoms with Gasteiger partial charge in [-0.3, -0.25) is 4.79 Å². The lowest BCUT2D eigenvalue weighted by Crippen LogP contribution is -2.54. The highest BCUT2D eigenvalue weighted by molar-refractivity contribution is 5.90. The largest absolute Gasteiger partial charge is 0.479 e. The summed E-state index contributed by atoms with van der Waals surface area (Å²) < 4.78 is 5.30. The molecule has 1 atom stereocenters. The second-order valence-corrected chi connectivity index (χ2v) is 6.73. The average Bonchev–Trinajstić information content (AvgIpc) is 2.93. The standard InChI is InChI=1S/C20H20N2O5/c1-20(18(24)25,10-17(21)23)22-19(26)27-11-16-14-8-4-2-6-12(14)13-7-3-5-9-15(13)16/h2-9,16H,10-11H2,1H3,(H2,21,23)(H,22,26)(H,24,25). The predicted molar refractivity (Wildman–Crippen MR) is 98.1 cm³/mol. The number of alkyl carbamates (subject to hydrolysis) is 1. The molecule has 2 aromatic rings. The number of carbonyl (C=O) groups is 3. The number of carboxylic acids is 1. The summed E-state index contributed by atoms with van der Waals surface area (Å²) in [6.45, 7) is 1.26. The van der Waals surface area contributed by atoms with Gasteiger partial charge >= 0.3 is 12.1 Å². The van der Waals surface area contributed by atoms with Crippen LogP contribution in [0.5, 0.6) is 0 Å². The minimum Gasteiger partial charge on any atom is -0.479 e. The molecule has 2 aromatic carbocycles. The highest BCUT2D eigenvalue weighted by Crippen LogP contribution is 2.44. The molecule has 0 saturated carbocycles. The monoisotopic (exact) mass is 368 g/mol. The van der Waals surface area contributed by atoms with Gasteiger partial charge in [0.1, 0.15) is 12.1 Å². The van der Waals surface area contributed by atoms with Crippen molar-refractivity contribution in [3.63, 3.8) is 0 Å². The molecule has 1 unspecified atom stereocenters. The first-order chi connectivity index (χ1) is 12.8. The number of carboxylic acid groups (broad SMARTS) is 1. The van der Waals surface area contributed by atoms with E-state index in [0.717, 1.165) is 22.3 Å². The van der Waals surface area contributed by atoms with Crippen LogP contribution in [-0.4, -0.2) is 35.2 Å². The van der Waals surface area contributed by atoms with E-state index in [1.807, 2.05) is 48.5 Å². The van der Waals surface area contributed by atoms with Crippen molar-refractivity contribution in [2.45, 2.75) is 24.8 Å². The highest BCUT2D eigenvalue weighted by Gasteiger charge is 2.38. The van der Waals surface area contributed by atoms with Gasteiger partial charge in [0.25, 0.3) is 0 Å². The number of hydrogen-bond donors (Lipinski definition) is 3. The number of hydrogen-bond acceptors (Lipinski definition) is 4. The zero-order valence-corrected chi connectivity index (χ0v) is 14.8.